The highest BCUT2D eigenvalue weighted by Crippen LogP contribution is 2.26. The fraction of sp³-hybridized carbons (Fsp3) is 0.868. The lowest BCUT2D eigenvalue weighted by atomic mass is 9.99. The second-order valence-corrected chi connectivity index (χ2v) is 14.6. The molecule has 4 N–H and O–H groups in total. The Morgan fingerprint density at radius 1 is 0.745 bits per heavy atom. The summed E-state index contributed by atoms with van der Waals surface area (Å²) in [5, 5.41) is 30.4. The van der Waals surface area contributed by atoms with E-state index in [9.17, 15) is 28.5 Å². The Bertz CT molecular complexity index is 1000. The van der Waals surface area contributed by atoms with Gasteiger partial charge in [-0.2, -0.15) is 8.42 Å². The Hall–Kier alpha value is -1.42. The van der Waals surface area contributed by atoms with Crippen molar-refractivity contribution in [2.45, 2.75) is 185 Å². The number of carbonyl (C=O) groups excluding carboxylic acids is 1. The zero-order chi connectivity index (χ0) is 37.6. The Morgan fingerprint density at radius 3 is 1.88 bits per heavy atom. The Morgan fingerprint density at radius 2 is 1.29 bits per heavy atom. The average molecular weight is 751 g/mol. The number of esters is 1. The normalized spacial score (nSPS) is 21.9. The number of allylic oxidation sites excluding steroid dienone is 4. The molecule has 1 heterocycles. The summed E-state index contributed by atoms with van der Waals surface area (Å²) in [7, 11) is -5.05. The topological polar surface area (TPSA) is 178 Å². The molecule has 0 saturated carbocycles. The second-order valence-electron chi connectivity index (χ2n) is 13.5. The number of aliphatic hydroxyl groups excluding tert-OH is 3. The fourth-order valence-corrected chi connectivity index (χ4v) is 6.33. The quantitative estimate of drug-likeness (QED) is 0.0236. The summed E-state index contributed by atoms with van der Waals surface area (Å²) in [5.74, 6) is -0.419. The van der Waals surface area contributed by atoms with Crippen LogP contribution in [0.5, 0.6) is 0 Å². The van der Waals surface area contributed by atoms with Gasteiger partial charge in [0.1, 0.15) is 30.5 Å². The zero-order valence-corrected chi connectivity index (χ0v) is 32.2. The molecule has 0 spiro atoms. The molecule has 1 aliphatic rings. The third-order valence-electron chi connectivity index (χ3n) is 8.83. The van der Waals surface area contributed by atoms with Crippen molar-refractivity contribution in [1.82, 2.24) is 0 Å². The molecule has 0 amide bonds. The SMILES string of the molecule is CCCCC/C=C\C/C=C\CCCCCCCCCCCCOCC(COC1OC(CO)C(O)C(OS(=O)(=O)O)C1O)OC(=O)CCCCCC. The molecule has 0 bridgehead atoms. The minimum Gasteiger partial charge on any atom is -0.457 e. The van der Waals surface area contributed by atoms with Gasteiger partial charge in [0, 0.05) is 13.0 Å². The van der Waals surface area contributed by atoms with E-state index < -0.39 is 59.8 Å². The molecular formula is C38H70O12S. The van der Waals surface area contributed by atoms with E-state index in [0.717, 1.165) is 44.9 Å². The molecule has 51 heavy (non-hydrogen) atoms. The van der Waals surface area contributed by atoms with Crippen LogP contribution in [0, 0.1) is 0 Å². The van der Waals surface area contributed by atoms with Crippen molar-refractivity contribution in [2.24, 2.45) is 0 Å². The third kappa shape index (κ3) is 25.3. The number of hydrogen-bond donors (Lipinski definition) is 4. The third-order valence-corrected chi connectivity index (χ3v) is 9.29. The van der Waals surface area contributed by atoms with Crippen molar-refractivity contribution in [1.29, 1.82) is 0 Å². The predicted molar refractivity (Wildman–Crippen MR) is 197 cm³/mol. The first-order valence-electron chi connectivity index (χ1n) is 19.6. The van der Waals surface area contributed by atoms with Crippen LogP contribution in [-0.4, -0.2) is 97.5 Å². The summed E-state index contributed by atoms with van der Waals surface area (Å²) >= 11 is 0. The van der Waals surface area contributed by atoms with Crippen molar-refractivity contribution in [3.63, 3.8) is 0 Å². The van der Waals surface area contributed by atoms with Gasteiger partial charge in [-0.05, 0) is 44.9 Å². The standard InChI is InChI=1S/C38H70O12S/c1-3-5-7-9-10-11-12-13-14-15-16-17-18-19-20-21-22-23-24-26-28-46-30-32(48-34(40)27-25-8-6-4-2)31-47-38-36(42)37(50-51(43,44)45)35(41)33(29-39)49-38/h10-11,13-14,32-33,35-39,41-42H,3-9,12,15-31H2,1-2H3,(H,43,44,45)/b11-10-,14-13-. The second kappa shape index (κ2) is 31.0. The summed E-state index contributed by atoms with van der Waals surface area (Å²) in [6, 6.07) is 0. The predicted octanol–water partition coefficient (Wildman–Crippen LogP) is 6.90. The van der Waals surface area contributed by atoms with E-state index in [1.807, 2.05) is 0 Å². The van der Waals surface area contributed by atoms with Crippen LogP contribution in [0.15, 0.2) is 24.3 Å². The van der Waals surface area contributed by atoms with Gasteiger partial charge in [-0.1, -0.05) is 122 Å². The number of hydrogen-bond acceptors (Lipinski definition) is 11. The molecule has 0 aromatic heterocycles. The molecule has 0 radical (unpaired) electrons. The van der Waals surface area contributed by atoms with Crippen LogP contribution in [0.3, 0.4) is 0 Å². The van der Waals surface area contributed by atoms with Gasteiger partial charge in [0.2, 0.25) is 0 Å². The molecule has 13 heteroatoms. The average Bonchev–Trinajstić information content (AvgIpc) is 3.09. The van der Waals surface area contributed by atoms with E-state index in [-0.39, 0.29) is 19.6 Å². The highest BCUT2D eigenvalue weighted by molar-refractivity contribution is 7.80. The first kappa shape index (κ1) is 47.6. The summed E-state index contributed by atoms with van der Waals surface area (Å²) in [5.41, 5.74) is 0. The van der Waals surface area contributed by atoms with Crippen molar-refractivity contribution >= 4 is 16.4 Å². The van der Waals surface area contributed by atoms with Gasteiger partial charge < -0.3 is 34.3 Å². The van der Waals surface area contributed by atoms with Crippen LogP contribution in [0.4, 0.5) is 0 Å². The first-order valence-corrected chi connectivity index (χ1v) is 21.0. The van der Waals surface area contributed by atoms with E-state index in [4.69, 9.17) is 23.5 Å². The molecule has 0 aromatic rings. The first-order chi connectivity index (χ1) is 24.6. The van der Waals surface area contributed by atoms with Crippen molar-refractivity contribution < 1.29 is 56.2 Å². The summed E-state index contributed by atoms with van der Waals surface area (Å²) in [4.78, 5) is 12.5. The van der Waals surface area contributed by atoms with Gasteiger partial charge in [-0.25, -0.2) is 4.18 Å². The maximum atomic E-state index is 12.5. The number of carbonyl (C=O) groups is 1. The van der Waals surface area contributed by atoms with Gasteiger partial charge >= 0.3 is 16.4 Å². The van der Waals surface area contributed by atoms with E-state index in [0.29, 0.717) is 13.0 Å². The van der Waals surface area contributed by atoms with Crippen LogP contribution in [-0.2, 0) is 38.3 Å². The van der Waals surface area contributed by atoms with Crippen molar-refractivity contribution in [3.05, 3.63) is 24.3 Å². The van der Waals surface area contributed by atoms with Gasteiger partial charge in [-0.3, -0.25) is 9.35 Å². The molecule has 0 aliphatic carbocycles. The lowest BCUT2D eigenvalue weighted by Crippen LogP contribution is -2.60. The minimum atomic E-state index is -5.05. The fourth-order valence-electron chi connectivity index (χ4n) is 5.82. The summed E-state index contributed by atoms with van der Waals surface area (Å²) < 4.78 is 58.4. The van der Waals surface area contributed by atoms with Crippen LogP contribution in [0.25, 0.3) is 0 Å². The Kier molecular flexibility index (Phi) is 28.9. The molecule has 300 valence electrons. The van der Waals surface area contributed by atoms with Gasteiger partial charge in [-0.15, -0.1) is 0 Å². The number of unbranched alkanes of at least 4 members (excludes halogenated alkanes) is 16. The Balaban J connectivity index is 2.31. The van der Waals surface area contributed by atoms with E-state index in [1.54, 1.807) is 0 Å². The highest BCUT2D eigenvalue weighted by Gasteiger charge is 2.48. The van der Waals surface area contributed by atoms with Crippen LogP contribution in [0.1, 0.15) is 149 Å². The largest absolute Gasteiger partial charge is 0.457 e. The van der Waals surface area contributed by atoms with E-state index >= 15 is 0 Å². The lowest BCUT2D eigenvalue weighted by molar-refractivity contribution is -0.301. The molecule has 12 nitrogen and oxygen atoms in total. The monoisotopic (exact) mass is 750 g/mol. The minimum absolute atomic E-state index is 0.0342. The number of ether oxygens (including phenoxy) is 4. The van der Waals surface area contributed by atoms with Gasteiger partial charge in [0.15, 0.2) is 6.29 Å². The number of rotatable bonds is 33. The molecular weight excluding hydrogens is 680 g/mol. The lowest BCUT2D eigenvalue weighted by Gasteiger charge is -2.41. The highest BCUT2D eigenvalue weighted by atomic mass is 32.3. The molecule has 6 atom stereocenters. The molecule has 0 aromatic carbocycles. The molecule has 1 aliphatic heterocycles. The molecule has 1 fully saturated rings. The van der Waals surface area contributed by atoms with Gasteiger partial charge in [0.25, 0.3) is 0 Å². The maximum absolute atomic E-state index is 12.5. The van der Waals surface area contributed by atoms with Crippen LogP contribution >= 0.6 is 0 Å². The van der Waals surface area contributed by atoms with Crippen LogP contribution in [0.2, 0.25) is 0 Å². The number of aliphatic hydroxyl groups is 3. The molecule has 6 unspecified atom stereocenters. The Labute approximate surface area is 308 Å². The summed E-state index contributed by atoms with van der Waals surface area (Å²) in [6.45, 7) is 3.80. The van der Waals surface area contributed by atoms with Crippen molar-refractivity contribution in [3.8, 4) is 0 Å². The molecule has 1 rings (SSSR count). The zero-order valence-electron chi connectivity index (χ0n) is 31.4. The van der Waals surface area contributed by atoms with Crippen LogP contribution < -0.4 is 0 Å². The summed E-state index contributed by atoms with van der Waals surface area (Å²) in [6.07, 6.45) is 23.0. The van der Waals surface area contributed by atoms with Crippen molar-refractivity contribution in [2.75, 3.05) is 26.4 Å². The van der Waals surface area contributed by atoms with E-state index in [2.05, 4.69) is 42.3 Å². The van der Waals surface area contributed by atoms with E-state index in [1.165, 1.54) is 77.0 Å². The molecule has 1 saturated heterocycles. The maximum Gasteiger partial charge on any atom is 0.397 e. The smallest absolute Gasteiger partial charge is 0.397 e. The van der Waals surface area contributed by atoms with Gasteiger partial charge in [0.05, 0.1) is 19.8 Å².